The fraction of sp³-hybridized carbons (Fsp3) is 0.143. The fourth-order valence-corrected chi connectivity index (χ4v) is 1.94. The van der Waals surface area contributed by atoms with Crippen LogP contribution in [0.4, 0.5) is 8.78 Å². The molecule has 1 unspecified atom stereocenters. The molecule has 0 saturated heterocycles. The standard InChI is InChI=1S/C14H11ClF2N2O2/c15-12-6-8(4-5-18-12)14(21)19-7-11(20)13-9(16)2-1-3-10(13)17/h1-6,11,20H,7H2,(H,19,21). The zero-order valence-corrected chi connectivity index (χ0v) is 11.4. The van der Waals surface area contributed by atoms with Gasteiger partial charge in [-0.3, -0.25) is 4.79 Å². The lowest BCUT2D eigenvalue weighted by atomic mass is 10.1. The highest BCUT2D eigenvalue weighted by atomic mass is 35.5. The molecule has 2 aromatic rings. The van der Waals surface area contributed by atoms with Crippen molar-refractivity contribution in [2.45, 2.75) is 6.10 Å². The number of aromatic nitrogens is 1. The minimum Gasteiger partial charge on any atom is -0.386 e. The van der Waals surface area contributed by atoms with Gasteiger partial charge in [0.25, 0.3) is 5.91 Å². The van der Waals surface area contributed by atoms with E-state index >= 15 is 0 Å². The van der Waals surface area contributed by atoms with Crippen molar-refractivity contribution in [2.24, 2.45) is 0 Å². The third-order valence-electron chi connectivity index (χ3n) is 2.78. The third kappa shape index (κ3) is 3.74. The Balaban J connectivity index is 2.04. The fourth-order valence-electron chi connectivity index (χ4n) is 1.77. The predicted molar refractivity (Wildman–Crippen MR) is 72.9 cm³/mol. The van der Waals surface area contributed by atoms with Gasteiger partial charge in [-0.2, -0.15) is 0 Å². The van der Waals surface area contributed by atoms with Gasteiger partial charge in [0.15, 0.2) is 0 Å². The molecule has 0 radical (unpaired) electrons. The monoisotopic (exact) mass is 312 g/mol. The molecule has 0 aliphatic carbocycles. The molecule has 0 saturated carbocycles. The number of benzene rings is 1. The van der Waals surface area contributed by atoms with E-state index in [0.717, 1.165) is 12.1 Å². The molecule has 4 nitrogen and oxygen atoms in total. The lowest BCUT2D eigenvalue weighted by Crippen LogP contribution is -2.29. The molecule has 0 spiro atoms. The van der Waals surface area contributed by atoms with Crippen LogP contribution in [0, 0.1) is 11.6 Å². The maximum Gasteiger partial charge on any atom is 0.251 e. The average Bonchev–Trinajstić information content (AvgIpc) is 2.44. The van der Waals surface area contributed by atoms with Crippen molar-refractivity contribution < 1.29 is 18.7 Å². The van der Waals surface area contributed by atoms with Gasteiger partial charge in [0.1, 0.15) is 22.9 Å². The molecule has 0 aliphatic rings. The Kier molecular flexibility index (Phi) is 4.82. The summed E-state index contributed by atoms with van der Waals surface area (Å²) in [5, 5.41) is 12.3. The average molecular weight is 313 g/mol. The lowest BCUT2D eigenvalue weighted by molar-refractivity contribution is 0.0911. The Morgan fingerprint density at radius 1 is 1.33 bits per heavy atom. The number of nitrogens with zero attached hydrogens (tertiary/aromatic N) is 1. The second kappa shape index (κ2) is 6.60. The molecule has 0 fully saturated rings. The summed E-state index contributed by atoms with van der Waals surface area (Å²) in [6, 6.07) is 6.03. The van der Waals surface area contributed by atoms with Crippen LogP contribution in [0.2, 0.25) is 5.15 Å². The lowest BCUT2D eigenvalue weighted by Gasteiger charge is -2.14. The highest BCUT2D eigenvalue weighted by molar-refractivity contribution is 6.29. The summed E-state index contributed by atoms with van der Waals surface area (Å²) in [4.78, 5) is 15.5. The minimum absolute atomic E-state index is 0.142. The van der Waals surface area contributed by atoms with Crippen LogP contribution in [0.5, 0.6) is 0 Å². The Labute approximate surface area is 124 Å². The molecule has 0 bridgehead atoms. The first kappa shape index (κ1) is 15.3. The van der Waals surface area contributed by atoms with Crippen molar-refractivity contribution in [2.75, 3.05) is 6.54 Å². The smallest absolute Gasteiger partial charge is 0.251 e. The molecule has 1 atom stereocenters. The van der Waals surface area contributed by atoms with E-state index in [2.05, 4.69) is 10.3 Å². The maximum atomic E-state index is 13.5. The van der Waals surface area contributed by atoms with Gasteiger partial charge in [-0.25, -0.2) is 13.8 Å². The highest BCUT2D eigenvalue weighted by Gasteiger charge is 2.18. The van der Waals surface area contributed by atoms with Crippen LogP contribution in [-0.4, -0.2) is 22.5 Å². The summed E-state index contributed by atoms with van der Waals surface area (Å²) >= 11 is 5.65. The van der Waals surface area contributed by atoms with Crippen LogP contribution in [0.25, 0.3) is 0 Å². The maximum absolute atomic E-state index is 13.5. The number of aliphatic hydroxyl groups excluding tert-OH is 1. The number of carbonyl (C=O) groups is 1. The molecule has 110 valence electrons. The van der Waals surface area contributed by atoms with E-state index in [-0.39, 0.29) is 17.3 Å². The molecule has 2 rings (SSSR count). The van der Waals surface area contributed by atoms with Crippen molar-refractivity contribution >= 4 is 17.5 Å². The Bertz CT molecular complexity index is 647. The quantitative estimate of drug-likeness (QED) is 0.853. The number of carbonyl (C=O) groups excluding carboxylic acids is 1. The van der Waals surface area contributed by atoms with Crippen molar-refractivity contribution in [1.29, 1.82) is 0 Å². The van der Waals surface area contributed by atoms with Gasteiger partial charge < -0.3 is 10.4 Å². The van der Waals surface area contributed by atoms with E-state index in [1.165, 1.54) is 24.4 Å². The number of nitrogens with one attached hydrogen (secondary N) is 1. The topological polar surface area (TPSA) is 62.2 Å². The number of hydrogen-bond donors (Lipinski definition) is 2. The minimum atomic E-state index is -1.49. The first-order valence-electron chi connectivity index (χ1n) is 6.00. The second-order valence-corrected chi connectivity index (χ2v) is 4.62. The predicted octanol–water partition coefficient (Wildman–Crippen LogP) is 2.48. The van der Waals surface area contributed by atoms with Crippen LogP contribution in [-0.2, 0) is 0 Å². The van der Waals surface area contributed by atoms with Crippen LogP contribution < -0.4 is 5.32 Å². The van der Waals surface area contributed by atoms with Crippen molar-refractivity contribution in [1.82, 2.24) is 10.3 Å². The largest absolute Gasteiger partial charge is 0.386 e. The number of rotatable bonds is 4. The molecular formula is C14H11ClF2N2O2. The number of halogens is 3. The molecule has 1 aromatic carbocycles. The SMILES string of the molecule is O=C(NCC(O)c1c(F)cccc1F)c1ccnc(Cl)c1. The van der Waals surface area contributed by atoms with Crippen molar-refractivity contribution in [3.05, 3.63) is 64.4 Å². The van der Waals surface area contributed by atoms with E-state index in [4.69, 9.17) is 11.6 Å². The van der Waals surface area contributed by atoms with Crippen LogP contribution in [0.1, 0.15) is 22.0 Å². The van der Waals surface area contributed by atoms with Gasteiger partial charge in [0, 0.05) is 18.3 Å². The summed E-state index contributed by atoms with van der Waals surface area (Å²) < 4.78 is 26.9. The summed E-state index contributed by atoms with van der Waals surface area (Å²) in [5.41, 5.74) is -0.248. The first-order chi connectivity index (χ1) is 9.99. The van der Waals surface area contributed by atoms with E-state index < -0.39 is 29.2 Å². The van der Waals surface area contributed by atoms with E-state index in [0.29, 0.717) is 0 Å². The van der Waals surface area contributed by atoms with E-state index in [1.54, 1.807) is 0 Å². The molecule has 1 heterocycles. The van der Waals surface area contributed by atoms with Crippen LogP contribution >= 0.6 is 11.6 Å². The normalized spacial score (nSPS) is 12.0. The number of pyridine rings is 1. The molecule has 21 heavy (non-hydrogen) atoms. The molecule has 2 N–H and O–H groups in total. The van der Waals surface area contributed by atoms with Gasteiger partial charge in [-0.1, -0.05) is 17.7 Å². The van der Waals surface area contributed by atoms with Gasteiger partial charge in [0.05, 0.1) is 5.56 Å². The summed E-state index contributed by atoms with van der Waals surface area (Å²) in [6.07, 6.45) is -0.142. The number of aliphatic hydroxyl groups is 1. The van der Waals surface area contributed by atoms with E-state index in [1.807, 2.05) is 0 Å². The van der Waals surface area contributed by atoms with Gasteiger partial charge in [-0.15, -0.1) is 0 Å². The summed E-state index contributed by atoms with van der Waals surface area (Å²) in [7, 11) is 0. The zero-order valence-electron chi connectivity index (χ0n) is 10.7. The molecule has 0 aliphatic heterocycles. The molecule has 7 heteroatoms. The van der Waals surface area contributed by atoms with Gasteiger partial charge >= 0.3 is 0 Å². The molecule has 1 amide bonds. The Hall–Kier alpha value is -2.05. The van der Waals surface area contributed by atoms with Crippen LogP contribution in [0.3, 0.4) is 0 Å². The molecular weight excluding hydrogens is 302 g/mol. The van der Waals surface area contributed by atoms with Crippen molar-refractivity contribution in [3.63, 3.8) is 0 Å². The summed E-state index contributed by atoms with van der Waals surface area (Å²) in [5.74, 6) is -2.28. The van der Waals surface area contributed by atoms with Gasteiger partial charge in [0.2, 0.25) is 0 Å². The summed E-state index contributed by atoms with van der Waals surface area (Å²) in [6.45, 7) is -0.337. The van der Waals surface area contributed by atoms with E-state index in [9.17, 15) is 18.7 Å². The Morgan fingerprint density at radius 3 is 2.62 bits per heavy atom. The van der Waals surface area contributed by atoms with Crippen molar-refractivity contribution in [3.8, 4) is 0 Å². The molecule has 1 aromatic heterocycles. The third-order valence-corrected chi connectivity index (χ3v) is 2.98. The number of amides is 1. The highest BCUT2D eigenvalue weighted by Crippen LogP contribution is 2.20. The second-order valence-electron chi connectivity index (χ2n) is 4.23. The first-order valence-corrected chi connectivity index (χ1v) is 6.38. The Morgan fingerprint density at radius 2 is 2.00 bits per heavy atom. The zero-order chi connectivity index (χ0) is 15.4. The van der Waals surface area contributed by atoms with Crippen LogP contribution in [0.15, 0.2) is 36.5 Å². The van der Waals surface area contributed by atoms with Gasteiger partial charge in [-0.05, 0) is 24.3 Å². The number of hydrogen-bond acceptors (Lipinski definition) is 3.